The van der Waals surface area contributed by atoms with E-state index in [2.05, 4.69) is 5.32 Å². The minimum atomic E-state index is -0.484. The van der Waals surface area contributed by atoms with E-state index >= 15 is 0 Å². The first-order valence-corrected chi connectivity index (χ1v) is 7.22. The van der Waals surface area contributed by atoms with Crippen LogP contribution >= 0.6 is 0 Å². The summed E-state index contributed by atoms with van der Waals surface area (Å²) >= 11 is 0. The first-order chi connectivity index (χ1) is 10.7. The number of hydrogen-bond acceptors (Lipinski definition) is 3. The number of carbonyl (C=O) groups excluding carboxylic acids is 1. The Hall–Kier alpha value is -2.80. The highest BCUT2D eigenvalue weighted by Crippen LogP contribution is 2.16. The van der Waals surface area contributed by atoms with Crippen LogP contribution in [-0.4, -0.2) is 18.5 Å². The second kappa shape index (κ2) is 7.84. The standard InChI is InChI=1S/C18H19N3O/c1-15(12-19)20-18(22)14-21(17-10-6-3-7-11-17)13-16-8-4-2-5-9-16/h2-11,15H,13-14H2,1H3,(H,20,22). The van der Waals surface area contributed by atoms with Gasteiger partial charge in [0.15, 0.2) is 0 Å². The molecule has 4 nitrogen and oxygen atoms in total. The molecule has 0 aromatic heterocycles. The molecule has 0 radical (unpaired) electrons. The van der Waals surface area contributed by atoms with Crippen LogP contribution in [-0.2, 0) is 11.3 Å². The highest BCUT2D eigenvalue weighted by Gasteiger charge is 2.13. The number of para-hydroxylation sites is 1. The van der Waals surface area contributed by atoms with Crippen molar-refractivity contribution in [3.05, 3.63) is 66.2 Å². The molecular weight excluding hydrogens is 274 g/mol. The molecule has 0 saturated heterocycles. The van der Waals surface area contributed by atoms with Gasteiger partial charge in [-0.1, -0.05) is 48.5 Å². The van der Waals surface area contributed by atoms with Crippen LogP contribution in [0.5, 0.6) is 0 Å². The summed E-state index contributed by atoms with van der Waals surface area (Å²) < 4.78 is 0. The molecule has 4 heteroatoms. The summed E-state index contributed by atoms with van der Waals surface area (Å²) in [6.07, 6.45) is 0. The van der Waals surface area contributed by atoms with E-state index in [1.54, 1.807) is 6.92 Å². The summed E-state index contributed by atoms with van der Waals surface area (Å²) in [5.41, 5.74) is 2.11. The second-order valence-corrected chi connectivity index (χ2v) is 5.10. The number of nitrogens with zero attached hydrogens (tertiary/aromatic N) is 2. The van der Waals surface area contributed by atoms with Gasteiger partial charge in [-0.2, -0.15) is 5.26 Å². The summed E-state index contributed by atoms with van der Waals surface area (Å²) in [5.74, 6) is -0.158. The molecule has 22 heavy (non-hydrogen) atoms. The van der Waals surface area contributed by atoms with Gasteiger partial charge in [0.25, 0.3) is 0 Å². The minimum Gasteiger partial charge on any atom is -0.358 e. The Balaban J connectivity index is 2.12. The molecule has 1 unspecified atom stereocenters. The zero-order valence-electron chi connectivity index (χ0n) is 12.6. The van der Waals surface area contributed by atoms with Crippen molar-refractivity contribution in [3.63, 3.8) is 0 Å². The van der Waals surface area contributed by atoms with Crippen LogP contribution in [0.2, 0.25) is 0 Å². The molecule has 0 fully saturated rings. The van der Waals surface area contributed by atoms with Gasteiger partial charge < -0.3 is 10.2 Å². The van der Waals surface area contributed by atoms with Gasteiger partial charge in [-0.15, -0.1) is 0 Å². The third-order valence-electron chi connectivity index (χ3n) is 3.24. The van der Waals surface area contributed by atoms with Crippen LogP contribution in [0.25, 0.3) is 0 Å². The summed E-state index contributed by atoms with van der Waals surface area (Å²) in [6.45, 7) is 2.52. The van der Waals surface area contributed by atoms with Crippen molar-refractivity contribution in [1.82, 2.24) is 5.32 Å². The quantitative estimate of drug-likeness (QED) is 0.891. The van der Waals surface area contributed by atoms with E-state index in [1.807, 2.05) is 71.6 Å². The Morgan fingerprint density at radius 2 is 1.73 bits per heavy atom. The molecule has 1 amide bonds. The van der Waals surface area contributed by atoms with Gasteiger partial charge in [0.1, 0.15) is 6.04 Å². The average Bonchev–Trinajstić information content (AvgIpc) is 2.56. The van der Waals surface area contributed by atoms with Crippen LogP contribution < -0.4 is 10.2 Å². The van der Waals surface area contributed by atoms with Gasteiger partial charge in [-0.05, 0) is 24.6 Å². The van der Waals surface area contributed by atoms with Crippen molar-refractivity contribution in [2.24, 2.45) is 0 Å². The molecule has 112 valence electrons. The molecule has 1 N–H and O–H groups in total. The van der Waals surface area contributed by atoms with E-state index in [9.17, 15) is 4.79 Å². The predicted octanol–water partition coefficient (Wildman–Crippen LogP) is 2.72. The molecule has 2 aromatic carbocycles. The largest absolute Gasteiger partial charge is 0.358 e. The lowest BCUT2D eigenvalue weighted by Crippen LogP contribution is -2.40. The van der Waals surface area contributed by atoms with Gasteiger partial charge in [0.05, 0.1) is 12.6 Å². The first kappa shape index (κ1) is 15.6. The molecule has 1 atom stereocenters. The van der Waals surface area contributed by atoms with Gasteiger partial charge in [0, 0.05) is 12.2 Å². The molecule has 0 aliphatic carbocycles. The van der Waals surface area contributed by atoms with Gasteiger partial charge >= 0.3 is 0 Å². The Kier molecular flexibility index (Phi) is 5.56. The van der Waals surface area contributed by atoms with Crippen molar-refractivity contribution in [3.8, 4) is 6.07 Å². The van der Waals surface area contributed by atoms with E-state index in [0.717, 1.165) is 11.3 Å². The van der Waals surface area contributed by atoms with Crippen molar-refractivity contribution >= 4 is 11.6 Å². The maximum atomic E-state index is 12.1. The van der Waals surface area contributed by atoms with Crippen molar-refractivity contribution in [2.45, 2.75) is 19.5 Å². The van der Waals surface area contributed by atoms with Crippen molar-refractivity contribution in [1.29, 1.82) is 5.26 Å². The topological polar surface area (TPSA) is 56.1 Å². The highest BCUT2D eigenvalue weighted by molar-refractivity contribution is 5.81. The van der Waals surface area contributed by atoms with Crippen LogP contribution in [0.4, 0.5) is 5.69 Å². The second-order valence-electron chi connectivity index (χ2n) is 5.10. The first-order valence-electron chi connectivity index (χ1n) is 7.22. The highest BCUT2D eigenvalue weighted by atomic mass is 16.2. The van der Waals surface area contributed by atoms with Gasteiger partial charge in [0.2, 0.25) is 5.91 Å². The number of nitriles is 1. The smallest absolute Gasteiger partial charge is 0.240 e. The zero-order valence-corrected chi connectivity index (χ0v) is 12.6. The van der Waals surface area contributed by atoms with Gasteiger partial charge in [-0.25, -0.2) is 0 Å². The molecular formula is C18H19N3O. The monoisotopic (exact) mass is 293 g/mol. The minimum absolute atomic E-state index is 0.158. The number of anilines is 1. The summed E-state index contributed by atoms with van der Waals surface area (Å²) in [5, 5.41) is 11.5. The maximum Gasteiger partial charge on any atom is 0.240 e. The Labute approximate surface area is 131 Å². The number of benzene rings is 2. The third-order valence-corrected chi connectivity index (χ3v) is 3.24. The molecule has 0 heterocycles. The number of carbonyl (C=O) groups is 1. The summed E-state index contributed by atoms with van der Waals surface area (Å²) in [6, 6.07) is 21.3. The fourth-order valence-electron chi connectivity index (χ4n) is 2.17. The van der Waals surface area contributed by atoms with E-state index in [0.29, 0.717) is 6.54 Å². The number of nitrogens with one attached hydrogen (secondary N) is 1. The molecule has 2 rings (SSSR count). The Bertz CT molecular complexity index is 634. The molecule has 0 aliphatic heterocycles. The maximum absolute atomic E-state index is 12.1. The average molecular weight is 293 g/mol. The predicted molar refractivity (Wildman–Crippen MR) is 87.2 cm³/mol. The van der Waals surface area contributed by atoms with Gasteiger partial charge in [-0.3, -0.25) is 4.79 Å². The van der Waals surface area contributed by atoms with E-state index in [-0.39, 0.29) is 12.5 Å². The van der Waals surface area contributed by atoms with Crippen LogP contribution in [0.3, 0.4) is 0 Å². The van der Waals surface area contributed by atoms with E-state index in [1.165, 1.54) is 0 Å². The molecule has 0 saturated carbocycles. The number of rotatable bonds is 6. The fourth-order valence-corrected chi connectivity index (χ4v) is 2.17. The van der Waals surface area contributed by atoms with Crippen LogP contribution in [0.1, 0.15) is 12.5 Å². The molecule has 0 spiro atoms. The molecule has 0 aliphatic rings. The summed E-state index contributed by atoms with van der Waals surface area (Å²) in [4.78, 5) is 14.1. The lowest BCUT2D eigenvalue weighted by atomic mass is 10.2. The van der Waals surface area contributed by atoms with Crippen molar-refractivity contribution < 1.29 is 4.79 Å². The van der Waals surface area contributed by atoms with Crippen LogP contribution in [0.15, 0.2) is 60.7 Å². The van der Waals surface area contributed by atoms with Crippen LogP contribution in [0, 0.1) is 11.3 Å². The Morgan fingerprint density at radius 3 is 2.32 bits per heavy atom. The number of amides is 1. The van der Waals surface area contributed by atoms with E-state index in [4.69, 9.17) is 5.26 Å². The van der Waals surface area contributed by atoms with Crippen molar-refractivity contribution in [2.75, 3.05) is 11.4 Å². The van der Waals surface area contributed by atoms with E-state index < -0.39 is 6.04 Å². The zero-order chi connectivity index (χ0) is 15.8. The summed E-state index contributed by atoms with van der Waals surface area (Å²) in [7, 11) is 0. The lowest BCUT2D eigenvalue weighted by Gasteiger charge is -2.24. The third kappa shape index (κ3) is 4.64. The SMILES string of the molecule is CC(C#N)NC(=O)CN(Cc1ccccc1)c1ccccc1. The molecule has 0 bridgehead atoms. The normalized spacial score (nSPS) is 11.3. The lowest BCUT2D eigenvalue weighted by molar-refractivity contribution is -0.120. The molecule has 2 aromatic rings. The Morgan fingerprint density at radius 1 is 1.14 bits per heavy atom. The number of hydrogen-bond donors (Lipinski definition) is 1. The fraction of sp³-hybridized carbons (Fsp3) is 0.222.